The molecular weight excluding hydrogens is 364 g/mol. The monoisotopic (exact) mass is 390 g/mol. The first-order valence-electron chi connectivity index (χ1n) is 10.0. The van der Waals surface area contributed by atoms with E-state index in [1.807, 2.05) is 42.5 Å². The summed E-state index contributed by atoms with van der Waals surface area (Å²) in [6, 6.07) is 20.0. The average Bonchev–Trinajstić information content (AvgIpc) is 2.79. The van der Waals surface area contributed by atoms with Crippen molar-refractivity contribution in [2.75, 3.05) is 46.5 Å². The Morgan fingerprint density at radius 3 is 2.62 bits per heavy atom. The van der Waals surface area contributed by atoms with Gasteiger partial charge in [-0.1, -0.05) is 42.5 Å². The SMILES string of the molecule is COc1cccc(-c2cccc3c(C(=O)NCCN4CCOCC4)cccc23)c1. The number of carbonyl (C=O) groups is 1. The summed E-state index contributed by atoms with van der Waals surface area (Å²) in [7, 11) is 1.67. The third-order valence-corrected chi connectivity index (χ3v) is 5.36. The molecule has 1 aliphatic rings. The number of hydrogen-bond acceptors (Lipinski definition) is 4. The standard InChI is InChI=1S/C24H26N2O3/c1-28-19-6-2-5-18(17-19)20-7-3-9-22-21(20)8-4-10-23(22)24(27)25-11-12-26-13-15-29-16-14-26/h2-10,17H,11-16H2,1H3,(H,25,27). The Bertz CT molecular complexity index is 996. The van der Waals surface area contributed by atoms with Crippen LogP contribution in [0.4, 0.5) is 0 Å². The highest BCUT2D eigenvalue weighted by Crippen LogP contribution is 2.32. The third kappa shape index (κ3) is 4.42. The highest BCUT2D eigenvalue weighted by molar-refractivity contribution is 6.10. The Labute approximate surface area is 171 Å². The first-order chi connectivity index (χ1) is 14.3. The van der Waals surface area contributed by atoms with E-state index >= 15 is 0 Å². The molecule has 1 heterocycles. The third-order valence-electron chi connectivity index (χ3n) is 5.36. The smallest absolute Gasteiger partial charge is 0.251 e. The topological polar surface area (TPSA) is 50.8 Å². The highest BCUT2D eigenvalue weighted by Gasteiger charge is 2.14. The predicted octanol–water partition coefficient (Wildman–Crippen LogP) is 3.58. The lowest BCUT2D eigenvalue weighted by Crippen LogP contribution is -2.41. The van der Waals surface area contributed by atoms with Gasteiger partial charge in [0.15, 0.2) is 0 Å². The molecule has 1 aliphatic heterocycles. The summed E-state index contributed by atoms with van der Waals surface area (Å²) in [5.41, 5.74) is 2.86. The lowest BCUT2D eigenvalue weighted by Gasteiger charge is -2.26. The van der Waals surface area contributed by atoms with E-state index in [1.165, 1.54) is 0 Å². The normalized spacial score (nSPS) is 14.7. The van der Waals surface area contributed by atoms with Crippen LogP contribution in [0.2, 0.25) is 0 Å². The summed E-state index contributed by atoms with van der Waals surface area (Å²) in [4.78, 5) is 15.2. The maximum absolute atomic E-state index is 12.9. The van der Waals surface area contributed by atoms with Gasteiger partial charge in [0.2, 0.25) is 0 Å². The van der Waals surface area contributed by atoms with Crippen molar-refractivity contribution in [3.05, 3.63) is 66.2 Å². The van der Waals surface area contributed by atoms with Gasteiger partial charge in [0.05, 0.1) is 20.3 Å². The van der Waals surface area contributed by atoms with Gasteiger partial charge in [-0.15, -0.1) is 0 Å². The maximum atomic E-state index is 12.9. The number of nitrogens with zero attached hydrogens (tertiary/aromatic N) is 1. The Balaban J connectivity index is 1.56. The molecule has 0 atom stereocenters. The number of hydrogen-bond donors (Lipinski definition) is 1. The molecule has 5 nitrogen and oxygen atoms in total. The van der Waals surface area contributed by atoms with E-state index in [9.17, 15) is 4.79 Å². The number of ether oxygens (including phenoxy) is 2. The van der Waals surface area contributed by atoms with Gasteiger partial charge in [-0.25, -0.2) is 0 Å². The Kier molecular flexibility index (Phi) is 6.08. The second-order valence-electron chi connectivity index (χ2n) is 7.15. The number of rotatable bonds is 6. The minimum atomic E-state index is -0.0355. The molecule has 1 amide bonds. The van der Waals surface area contributed by atoms with Crippen LogP contribution in [0.25, 0.3) is 21.9 Å². The summed E-state index contributed by atoms with van der Waals surface area (Å²) in [6.45, 7) is 4.86. The van der Waals surface area contributed by atoms with E-state index in [0.29, 0.717) is 12.1 Å². The molecule has 0 spiro atoms. The number of amides is 1. The van der Waals surface area contributed by atoms with Gasteiger partial charge in [0.25, 0.3) is 5.91 Å². The zero-order valence-corrected chi connectivity index (χ0v) is 16.7. The lowest BCUT2D eigenvalue weighted by atomic mass is 9.95. The molecule has 29 heavy (non-hydrogen) atoms. The van der Waals surface area contributed by atoms with Gasteiger partial charge >= 0.3 is 0 Å². The Hall–Kier alpha value is -2.89. The van der Waals surface area contributed by atoms with E-state index in [4.69, 9.17) is 9.47 Å². The minimum Gasteiger partial charge on any atom is -0.497 e. The van der Waals surface area contributed by atoms with Crippen molar-refractivity contribution in [2.24, 2.45) is 0 Å². The molecule has 5 heteroatoms. The molecule has 4 rings (SSSR count). The Morgan fingerprint density at radius 1 is 1.03 bits per heavy atom. The quantitative estimate of drug-likeness (QED) is 0.699. The molecule has 0 bridgehead atoms. The lowest BCUT2D eigenvalue weighted by molar-refractivity contribution is 0.0383. The highest BCUT2D eigenvalue weighted by atomic mass is 16.5. The summed E-state index contributed by atoms with van der Waals surface area (Å²) >= 11 is 0. The summed E-state index contributed by atoms with van der Waals surface area (Å²) in [5.74, 6) is 0.781. The first-order valence-corrected chi connectivity index (χ1v) is 10.0. The van der Waals surface area contributed by atoms with Gasteiger partial charge in [-0.3, -0.25) is 9.69 Å². The minimum absolute atomic E-state index is 0.0355. The van der Waals surface area contributed by atoms with E-state index in [0.717, 1.165) is 60.5 Å². The molecule has 0 saturated carbocycles. The van der Waals surface area contributed by atoms with Gasteiger partial charge in [-0.05, 0) is 40.1 Å². The molecule has 1 saturated heterocycles. The van der Waals surface area contributed by atoms with Crippen molar-refractivity contribution in [3.8, 4) is 16.9 Å². The fourth-order valence-corrected chi connectivity index (χ4v) is 3.80. The van der Waals surface area contributed by atoms with Gasteiger partial charge in [0.1, 0.15) is 5.75 Å². The number of carbonyl (C=O) groups excluding carboxylic acids is 1. The van der Waals surface area contributed by atoms with Crippen LogP contribution < -0.4 is 10.1 Å². The molecule has 0 radical (unpaired) electrons. The van der Waals surface area contributed by atoms with E-state index in [2.05, 4.69) is 28.4 Å². The zero-order chi connectivity index (χ0) is 20.1. The van der Waals surface area contributed by atoms with Crippen molar-refractivity contribution < 1.29 is 14.3 Å². The van der Waals surface area contributed by atoms with Crippen LogP contribution in [0.15, 0.2) is 60.7 Å². The van der Waals surface area contributed by atoms with Crippen molar-refractivity contribution >= 4 is 16.7 Å². The molecule has 3 aromatic carbocycles. The second kappa shape index (κ2) is 9.07. The average molecular weight is 390 g/mol. The molecule has 150 valence electrons. The number of fused-ring (bicyclic) bond motifs is 1. The number of benzene rings is 3. The first kappa shape index (κ1) is 19.4. The number of nitrogens with one attached hydrogen (secondary N) is 1. The molecule has 0 unspecified atom stereocenters. The fraction of sp³-hybridized carbons (Fsp3) is 0.292. The fourth-order valence-electron chi connectivity index (χ4n) is 3.80. The molecule has 1 N–H and O–H groups in total. The summed E-state index contributed by atoms with van der Waals surface area (Å²) < 4.78 is 10.7. The van der Waals surface area contributed by atoms with Crippen LogP contribution in [0.5, 0.6) is 5.75 Å². The second-order valence-corrected chi connectivity index (χ2v) is 7.15. The van der Waals surface area contributed by atoms with E-state index < -0.39 is 0 Å². The van der Waals surface area contributed by atoms with Crippen molar-refractivity contribution in [3.63, 3.8) is 0 Å². The van der Waals surface area contributed by atoms with Crippen molar-refractivity contribution in [2.45, 2.75) is 0 Å². The van der Waals surface area contributed by atoms with E-state index in [1.54, 1.807) is 7.11 Å². The van der Waals surface area contributed by atoms with Gasteiger partial charge in [0, 0.05) is 31.7 Å². The maximum Gasteiger partial charge on any atom is 0.251 e. The molecule has 3 aromatic rings. The number of morpholine rings is 1. The van der Waals surface area contributed by atoms with E-state index in [-0.39, 0.29) is 5.91 Å². The van der Waals surface area contributed by atoms with Crippen LogP contribution in [-0.2, 0) is 4.74 Å². The van der Waals surface area contributed by atoms with Crippen molar-refractivity contribution in [1.29, 1.82) is 0 Å². The van der Waals surface area contributed by atoms with Crippen molar-refractivity contribution in [1.82, 2.24) is 10.2 Å². The predicted molar refractivity (Wildman–Crippen MR) is 116 cm³/mol. The number of methoxy groups -OCH3 is 1. The Morgan fingerprint density at radius 2 is 1.79 bits per heavy atom. The van der Waals surface area contributed by atoms with Crippen LogP contribution in [-0.4, -0.2) is 57.3 Å². The van der Waals surface area contributed by atoms with Crippen LogP contribution in [0.3, 0.4) is 0 Å². The molecule has 1 fully saturated rings. The largest absolute Gasteiger partial charge is 0.497 e. The zero-order valence-electron chi connectivity index (χ0n) is 16.7. The molecular formula is C24H26N2O3. The van der Waals surface area contributed by atoms with Gasteiger partial charge < -0.3 is 14.8 Å². The van der Waals surface area contributed by atoms with Crippen LogP contribution in [0.1, 0.15) is 10.4 Å². The van der Waals surface area contributed by atoms with Gasteiger partial charge in [-0.2, -0.15) is 0 Å². The molecule has 0 aliphatic carbocycles. The van der Waals surface area contributed by atoms with Crippen LogP contribution in [0, 0.1) is 0 Å². The van der Waals surface area contributed by atoms with Crippen LogP contribution >= 0.6 is 0 Å². The summed E-state index contributed by atoms with van der Waals surface area (Å²) in [5, 5.41) is 5.09. The molecule has 0 aromatic heterocycles. The summed E-state index contributed by atoms with van der Waals surface area (Å²) in [6.07, 6.45) is 0.